The first-order valence-corrected chi connectivity index (χ1v) is 9.40. The number of morpholine rings is 1. The number of carbonyl (C=O) groups excluding carboxylic acids is 1. The van der Waals surface area contributed by atoms with E-state index in [4.69, 9.17) is 9.72 Å². The maximum atomic E-state index is 12.7. The van der Waals surface area contributed by atoms with Crippen LogP contribution in [-0.2, 0) is 4.74 Å². The Labute approximate surface area is 168 Å². The number of ether oxygens (including phenoxy) is 1. The molecule has 8 heteroatoms. The summed E-state index contributed by atoms with van der Waals surface area (Å²) in [5.74, 6) is 0.343. The van der Waals surface area contributed by atoms with E-state index in [9.17, 15) is 4.79 Å². The quantitative estimate of drug-likeness (QED) is 0.721. The summed E-state index contributed by atoms with van der Waals surface area (Å²) in [4.78, 5) is 23.8. The van der Waals surface area contributed by atoms with Crippen LogP contribution < -0.4 is 10.2 Å². The van der Waals surface area contributed by atoms with Gasteiger partial charge in [-0.15, -0.1) is 0 Å². The summed E-state index contributed by atoms with van der Waals surface area (Å²) >= 11 is 0. The third-order valence-corrected chi connectivity index (χ3v) is 4.53. The van der Waals surface area contributed by atoms with Gasteiger partial charge < -0.3 is 15.0 Å². The number of nitrogens with one attached hydrogen (secondary N) is 1. The minimum absolute atomic E-state index is 0.290. The van der Waals surface area contributed by atoms with Crippen LogP contribution in [0.15, 0.2) is 55.2 Å². The number of aromatic nitrogens is 4. The van der Waals surface area contributed by atoms with Crippen LogP contribution in [0.2, 0.25) is 0 Å². The minimum atomic E-state index is -0.292. The van der Waals surface area contributed by atoms with Crippen molar-refractivity contribution in [1.29, 1.82) is 0 Å². The molecule has 29 heavy (non-hydrogen) atoms. The lowest BCUT2D eigenvalue weighted by molar-refractivity contribution is 0.102. The number of hydrogen-bond acceptors (Lipinski definition) is 6. The molecule has 1 N–H and O–H groups in total. The molecule has 0 spiro atoms. The van der Waals surface area contributed by atoms with Gasteiger partial charge in [0, 0.05) is 30.7 Å². The van der Waals surface area contributed by atoms with E-state index in [-0.39, 0.29) is 5.91 Å². The number of amides is 1. The number of carbonyl (C=O) groups is 1. The first kappa shape index (κ1) is 18.8. The molecule has 8 nitrogen and oxygen atoms in total. The van der Waals surface area contributed by atoms with Crippen LogP contribution in [0.5, 0.6) is 0 Å². The van der Waals surface area contributed by atoms with Crippen LogP contribution >= 0.6 is 0 Å². The number of anilines is 2. The average molecular weight is 390 g/mol. The van der Waals surface area contributed by atoms with Crippen molar-refractivity contribution >= 4 is 23.2 Å². The van der Waals surface area contributed by atoms with Crippen molar-refractivity contribution < 1.29 is 9.53 Å². The molecule has 3 aromatic rings. The molecular weight excluding hydrogens is 368 g/mol. The number of nitrogens with zero attached hydrogens (tertiary/aromatic N) is 5. The second-order valence-electron chi connectivity index (χ2n) is 6.72. The van der Waals surface area contributed by atoms with Crippen molar-refractivity contribution in [3.8, 4) is 11.4 Å². The van der Waals surface area contributed by atoms with Crippen LogP contribution in [-0.4, -0.2) is 52.0 Å². The number of rotatable bonds is 5. The normalized spacial score (nSPS) is 13.9. The number of benzene rings is 1. The van der Waals surface area contributed by atoms with Crippen LogP contribution in [0.1, 0.15) is 17.4 Å². The summed E-state index contributed by atoms with van der Waals surface area (Å²) in [7, 11) is 0. The van der Waals surface area contributed by atoms with E-state index in [0.29, 0.717) is 47.6 Å². The Kier molecular flexibility index (Phi) is 5.35. The van der Waals surface area contributed by atoms with Crippen molar-refractivity contribution in [2.24, 2.45) is 0 Å². The van der Waals surface area contributed by atoms with Gasteiger partial charge in [-0.1, -0.05) is 24.8 Å². The fourth-order valence-corrected chi connectivity index (χ4v) is 3.09. The van der Waals surface area contributed by atoms with Gasteiger partial charge in [0.1, 0.15) is 0 Å². The molecule has 1 fully saturated rings. The number of hydrogen-bond donors (Lipinski definition) is 1. The third-order valence-electron chi connectivity index (χ3n) is 4.53. The SMILES string of the molecule is C=C(C)n1nc(C(=O)Nc2ccccc2)cc1-c1ccnc(N2CCOCC2)n1. The predicted octanol–water partition coefficient (Wildman–Crippen LogP) is 2.92. The minimum Gasteiger partial charge on any atom is -0.378 e. The molecule has 1 amide bonds. The van der Waals surface area contributed by atoms with E-state index in [1.807, 2.05) is 37.3 Å². The van der Waals surface area contributed by atoms with Gasteiger partial charge in [0.25, 0.3) is 5.91 Å². The Balaban J connectivity index is 1.65. The van der Waals surface area contributed by atoms with E-state index >= 15 is 0 Å². The highest BCUT2D eigenvalue weighted by molar-refractivity contribution is 6.03. The number of para-hydroxylation sites is 1. The number of allylic oxidation sites excluding steroid dienone is 1. The second-order valence-corrected chi connectivity index (χ2v) is 6.72. The fraction of sp³-hybridized carbons (Fsp3) is 0.238. The summed E-state index contributed by atoms with van der Waals surface area (Å²) in [6.45, 7) is 8.61. The monoisotopic (exact) mass is 390 g/mol. The van der Waals surface area contributed by atoms with Gasteiger partial charge in [-0.25, -0.2) is 14.6 Å². The van der Waals surface area contributed by atoms with Crippen molar-refractivity contribution in [3.05, 3.63) is 60.9 Å². The molecule has 0 saturated carbocycles. The van der Waals surface area contributed by atoms with Crippen molar-refractivity contribution in [3.63, 3.8) is 0 Å². The van der Waals surface area contributed by atoms with E-state index in [1.54, 1.807) is 23.0 Å². The molecular formula is C21H22N6O2. The molecule has 3 heterocycles. The molecule has 1 aromatic carbocycles. The Morgan fingerprint density at radius 1 is 1.17 bits per heavy atom. The molecule has 0 radical (unpaired) electrons. The van der Waals surface area contributed by atoms with E-state index < -0.39 is 0 Å². The zero-order chi connectivity index (χ0) is 20.2. The van der Waals surface area contributed by atoms with Gasteiger partial charge in [-0.3, -0.25) is 4.79 Å². The Hall–Kier alpha value is -3.52. The van der Waals surface area contributed by atoms with E-state index in [1.165, 1.54) is 0 Å². The zero-order valence-corrected chi connectivity index (χ0v) is 16.2. The maximum absolute atomic E-state index is 12.7. The lowest BCUT2D eigenvalue weighted by atomic mass is 10.2. The van der Waals surface area contributed by atoms with Crippen LogP contribution in [0, 0.1) is 0 Å². The lowest BCUT2D eigenvalue weighted by Gasteiger charge is -2.26. The third kappa shape index (κ3) is 4.17. The zero-order valence-electron chi connectivity index (χ0n) is 16.2. The average Bonchev–Trinajstić information content (AvgIpc) is 3.21. The summed E-state index contributed by atoms with van der Waals surface area (Å²) in [6.07, 6.45) is 1.71. The lowest BCUT2D eigenvalue weighted by Crippen LogP contribution is -2.37. The highest BCUT2D eigenvalue weighted by atomic mass is 16.5. The predicted molar refractivity (Wildman–Crippen MR) is 112 cm³/mol. The van der Waals surface area contributed by atoms with Gasteiger partial charge in [0.05, 0.1) is 24.6 Å². The fourth-order valence-electron chi connectivity index (χ4n) is 3.09. The molecule has 1 aliphatic rings. The summed E-state index contributed by atoms with van der Waals surface area (Å²) < 4.78 is 7.03. The molecule has 1 saturated heterocycles. The first-order valence-electron chi connectivity index (χ1n) is 9.40. The molecule has 0 aliphatic carbocycles. The highest BCUT2D eigenvalue weighted by Crippen LogP contribution is 2.23. The van der Waals surface area contributed by atoms with Crippen molar-refractivity contribution in [2.75, 3.05) is 36.5 Å². The highest BCUT2D eigenvalue weighted by Gasteiger charge is 2.19. The van der Waals surface area contributed by atoms with Gasteiger partial charge in [0.2, 0.25) is 5.95 Å². The van der Waals surface area contributed by atoms with Crippen LogP contribution in [0.3, 0.4) is 0 Å². The van der Waals surface area contributed by atoms with E-state index in [0.717, 1.165) is 13.1 Å². The maximum Gasteiger partial charge on any atom is 0.276 e. The Morgan fingerprint density at radius 3 is 2.66 bits per heavy atom. The second kappa shape index (κ2) is 8.24. The van der Waals surface area contributed by atoms with E-state index in [2.05, 4.69) is 26.9 Å². The Bertz CT molecular complexity index is 1020. The molecule has 0 unspecified atom stereocenters. The van der Waals surface area contributed by atoms with Crippen LogP contribution in [0.25, 0.3) is 17.1 Å². The topological polar surface area (TPSA) is 85.2 Å². The van der Waals surface area contributed by atoms with Gasteiger partial charge in [0.15, 0.2) is 5.69 Å². The molecule has 4 rings (SSSR count). The molecule has 1 aliphatic heterocycles. The molecule has 0 bridgehead atoms. The molecule has 148 valence electrons. The largest absolute Gasteiger partial charge is 0.378 e. The van der Waals surface area contributed by atoms with Gasteiger partial charge in [-0.2, -0.15) is 5.10 Å². The standard InChI is InChI=1S/C21H22N6O2/c1-15(2)27-19(14-18(25-27)20(28)23-16-6-4-3-5-7-16)17-8-9-22-21(24-17)26-10-12-29-13-11-26/h3-9,14H,1,10-13H2,2H3,(H,23,28). The van der Waals surface area contributed by atoms with Crippen LogP contribution in [0.4, 0.5) is 11.6 Å². The smallest absolute Gasteiger partial charge is 0.276 e. The van der Waals surface area contributed by atoms with Gasteiger partial charge >= 0.3 is 0 Å². The summed E-state index contributed by atoms with van der Waals surface area (Å²) in [5.41, 5.74) is 3.05. The van der Waals surface area contributed by atoms with Crippen molar-refractivity contribution in [1.82, 2.24) is 19.7 Å². The summed E-state index contributed by atoms with van der Waals surface area (Å²) in [6, 6.07) is 12.8. The van der Waals surface area contributed by atoms with Gasteiger partial charge in [-0.05, 0) is 31.2 Å². The first-order chi connectivity index (χ1) is 14.1. The Morgan fingerprint density at radius 2 is 1.93 bits per heavy atom. The summed E-state index contributed by atoms with van der Waals surface area (Å²) in [5, 5.41) is 7.29. The molecule has 0 atom stereocenters. The van der Waals surface area contributed by atoms with Crippen molar-refractivity contribution in [2.45, 2.75) is 6.92 Å². The molecule has 2 aromatic heterocycles.